The molecule has 2 fully saturated rings. The van der Waals surface area contributed by atoms with Crippen LogP contribution >= 0.6 is 23.2 Å². The molecule has 1 atom stereocenters. The number of hydrogen-bond acceptors (Lipinski definition) is 7. The van der Waals surface area contributed by atoms with Crippen LogP contribution in [0.15, 0.2) is 30.6 Å². The van der Waals surface area contributed by atoms with Gasteiger partial charge in [0.05, 0.1) is 12.6 Å². The van der Waals surface area contributed by atoms with E-state index < -0.39 is 0 Å². The fraction of sp³-hybridized carbons (Fsp3) is 0.522. The highest BCUT2D eigenvalue weighted by Crippen LogP contribution is 2.35. The van der Waals surface area contributed by atoms with Crippen molar-refractivity contribution in [1.82, 2.24) is 24.5 Å². The Morgan fingerprint density at radius 1 is 1.15 bits per heavy atom. The van der Waals surface area contributed by atoms with Crippen molar-refractivity contribution in [3.63, 3.8) is 0 Å². The number of β-amino-alcohol motifs (C(OH)–C–C–N with tert-alkyl or cyclic N) is 1. The van der Waals surface area contributed by atoms with Gasteiger partial charge < -0.3 is 20.2 Å². The lowest BCUT2D eigenvalue weighted by atomic mass is 9.79. The Bertz CT molecular complexity index is 1110. The van der Waals surface area contributed by atoms with Gasteiger partial charge in [-0.3, -0.25) is 0 Å². The maximum absolute atomic E-state index is 9.15. The molecule has 1 unspecified atom stereocenters. The predicted octanol–water partition coefficient (Wildman–Crippen LogP) is 3.74. The number of halogens is 2. The first-order valence-corrected chi connectivity index (χ1v) is 12.3. The Kier molecular flexibility index (Phi) is 6.60. The van der Waals surface area contributed by atoms with E-state index in [0.717, 1.165) is 55.8 Å². The highest BCUT2D eigenvalue weighted by molar-refractivity contribution is 6.35. The summed E-state index contributed by atoms with van der Waals surface area (Å²) in [5, 5.41) is 18.3. The minimum absolute atomic E-state index is 0.0503. The second-order valence-electron chi connectivity index (χ2n) is 9.07. The van der Waals surface area contributed by atoms with Gasteiger partial charge in [0.15, 0.2) is 0 Å². The summed E-state index contributed by atoms with van der Waals surface area (Å²) >= 11 is 12.5. The van der Waals surface area contributed by atoms with Crippen molar-refractivity contribution in [2.75, 3.05) is 49.5 Å². The first-order chi connectivity index (χ1) is 16.0. The van der Waals surface area contributed by atoms with Crippen molar-refractivity contribution in [3.8, 4) is 0 Å². The van der Waals surface area contributed by atoms with Crippen LogP contribution in [0, 0.1) is 11.8 Å². The van der Waals surface area contributed by atoms with Gasteiger partial charge in [-0.2, -0.15) is 19.6 Å². The third kappa shape index (κ3) is 4.75. The number of aliphatic hydroxyl groups excluding tert-OH is 1. The van der Waals surface area contributed by atoms with E-state index in [1.54, 1.807) is 10.6 Å². The van der Waals surface area contributed by atoms with E-state index in [1.165, 1.54) is 19.2 Å². The Morgan fingerprint density at radius 2 is 1.94 bits per heavy atom. The number of aliphatic hydroxyl groups is 1. The summed E-state index contributed by atoms with van der Waals surface area (Å²) in [5.41, 5.74) is 0.962. The van der Waals surface area contributed by atoms with E-state index in [2.05, 4.69) is 32.1 Å². The van der Waals surface area contributed by atoms with Gasteiger partial charge in [-0.05, 0) is 62.4 Å². The molecule has 5 rings (SSSR count). The average Bonchev–Trinajstić information content (AvgIpc) is 3.23. The van der Waals surface area contributed by atoms with Crippen LogP contribution in [0.2, 0.25) is 10.0 Å². The smallest absolute Gasteiger partial charge is 0.256 e. The molecule has 8 nitrogen and oxygen atoms in total. The monoisotopic (exact) mass is 489 g/mol. The Balaban J connectivity index is 1.28. The van der Waals surface area contributed by atoms with Gasteiger partial charge in [0, 0.05) is 35.7 Å². The lowest BCUT2D eigenvalue weighted by Crippen LogP contribution is -2.52. The van der Waals surface area contributed by atoms with Crippen LogP contribution in [0.1, 0.15) is 31.4 Å². The van der Waals surface area contributed by atoms with Crippen LogP contribution in [-0.2, 0) is 0 Å². The minimum atomic E-state index is -0.0503. The topological polar surface area (TPSA) is 81.8 Å². The van der Waals surface area contributed by atoms with Gasteiger partial charge in [0.25, 0.3) is 5.78 Å². The van der Waals surface area contributed by atoms with Crippen molar-refractivity contribution in [2.24, 2.45) is 11.8 Å². The fourth-order valence-corrected chi connectivity index (χ4v) is 5.58. The first-order valence-electron chi connectivity index (χ1n) is 11.5. The summed E-state index contributed by atoms with van der Waals surface area (Å²) in [5.74, 6) is 3.76. The normalized spacial score (nSPS) is 19.1. The molecule has 1 aromatic carbocycles. The molecule has 2 saturated heterocycles. The van der Waals surface area contributed by atoms with Crippen molar-refractivity contribution >= 4 is 40.6 Å². The van der Waals surface area contributed by atoms with Gasteiger partial charge in [0.1, 0.15) is 18.0 Å². The summed E-state index contributed by atoms with van der Waals surface area (Å²) in [7, 11) is 0. The molecule has 2 N–H and O–H groups in total. The van der Waals surface area contributed by atoms with Crippen molar-refractivity contribution < 1.29 is 5.11 Å². The number of benzene rings is 1. The van der Waals surface area contributed by atoms with Crippen LogP contribution < -0.4 is 10.2 Å². The maximum Gasteiger partial charge on any atom is 0.256 e. The van der Waals surface area contributed by atoms with E-state index >= 15 is 0 Å². The second-order valence-corrected chi connectivity index (χ2v) is 9.91. The van der Waals surface area contributed by atoms with E-state index in [1.807, 2.05) is 18.2 Å². The molecule has 2 aliphatic rings. The molecule has 2 aliphatic heterocycles. The number of hydrogen-bond donors (Lipinski definition) is 2. The Hall–Kier alpha value is -2.13. The Labute approximate surface area is 203 Å². The highest BCUT2D eigenvalue weighted by atomic mass is 35.5. The summed E-state index contributed by atoms with van der Waals surface area (Å²) < 4.78 is 1.72. The van der Waals surface area contributed by atoms with E-state index in [4.69, 9.17) is 33.3 Å². The SMILES string of the molecule is CC(Nc1cc(N2CC(C3CCN(CCO)CC3)C2)nc2ncnn12)c1ccc(Cl)cc1Cl. The number of anilines is 2. The molecule has 33 heavy (non-hydrogen) atoms. The molecule has 4 heterocycles. The number of rotatable bonds is 7. The lowest BCUT2D eigenvalue weighted by Gasteiger charge is -2.46. The summed E-state index contributed by atoms with van der Waals surface area (Å²) in [6, 6.07) is 7.54. The molecular weight excluding hydrogens is 461 g/mol. The zero-order valence-corrected chi connectivity index (χ0v) is 20.2. The quantitative estimate of drug-likeness (QED) is 0.522. The predicted molar refractivity (Wildman–Crippen MR) is 131 cm³/mol. The molecule has 0 bridgehead atoms. The van der Waals surface area contributed by atoms with Crippen molar-refractivity contribution in [3.05, 3.63) is 46.2 Å². The van der Waals surface area contributed by atoms with Gasteiger partial charge in [-0.1, -0.05) is 29.3 Å². The van der Waals surface area contributed by atoms with Gasteiger partial charge >= 0.3 is 0 Å². The van der Waals surface area contributed by atoms with Crippen LogP contribution in [-0.4, -0.2) is 68.9 Å². The van der Waals surface area contributed by atoms with Gasteiger partial charge in [-0.15, -0.1) is 0 Å². The Morgan fingerprint density at radius 3 is 2.67 bits per heavy atom. The largest absolute Gasteiger partial charge is 0.395 e. The van der Waals surface area contributed by atoms with Crippen molar-refractivity contribution in [1.29, 1.82) is 0 Å². The average molecular weight is 490 g/mol. The summed E-state index contributed by atoms with van der Waals surface area (Å²) in [4.78, 5) is 13.8. The molecule has 0 radical (unpaired) electrons. The number of piperidine rings is 1. The molecule has 3 aromatic rings. The van der Waals surface area contributed by atoms with E-state index in [-0.39, 0.29) is 12.6 Å². The minimum Gasteiger partial charge on any atom is -0.395 e. The second kappa shape index (κ2) is 9.62. The molecule has 0 spiro atoms. The molecule has 0 amide bonds. The van der Waals surface area contributed by atoms with Crippen LogP contribution in [0.3, 0.4) is 0 Å². The molecule has 10 heteroatoms. The number of nitrogens with one attached hydrogen (secondary N) is 1. The third-order valence-corrected chi connectivity index (χ3v) is 7.54. The third-order valence-electron chi connectivity index (χ3n) is 6.98. The molecule has 176 valence electrons. The summed E-state index contributed by atoms with van der Waals surface area (Å²) in [6.07, 6.45) is 3.94. The van der Waals surface area contributed by atoms with Gasteiger partial charge in [-0.25, -0.2) is 0 Å². The summed E-state index contributed by atoms with van der Waals surface area (Å²) in [6.45, 7) is 7.30. The number of likely N-dealkylation sites (tertiary alicyclic amines) is 1. The highest BCUT2D eigenvalue weighted by Gasteiger charge is 2.36. The molecular formula is C23H29Cl2N7O. The number of aromatic nitrogens is 4. The molecule has 0 saturated carbocycles. The van der Waals surface area contributed by atoms with Crippen molar-refractivity contribution in [2.45, 2.75) is 25.8 Å². The van der Waals surface area contributed by atoms with Crippen LogP contribution in [0.5, 0.6) is 0 Å². The van der Waals surface area contributed by atoms with E-state index in [9.17, 15) is 0 Å². The number of nitrogens with zero attached hydrogens (tertiary/aromatic N) is 6. The zero-order chi connectivity index (χ0) is 22.9. The fourth-order valence-electron chi connectivity index (χ4n) is 5.00. The standard InChI is InChI=1S/C23H29Cl2N7O/c1-15(19-3-2-18(24)10-20(19)25)28-22-11-21(29-23-26-14-27-32(22)23)31-12-17(13-31)16-4-6-30(7-5-16)8-9-33/h2-3,10-11,14-17,28,33H,4-9,12-13H2,1H3. The number of fused-ring (bicyclic) bond motifs is 1. The molecule has 2 aromatic heterocycles. The first kappa shape index (κ1) is 22.7. The lowest BCUT2D eigenvalue weighted by molar-refractivity contribution is 0.113. The van der Waals surface area contributed by atoms with Crippen LogP contribution in [0.25, 0.3) is 5.78 Å². The van der Waals surface area contributed by atoms with Gasteiger partial charge in [0.2, 0.25) is 0 Å². The molecule has 0 aliphatic carbocycles. The van der Waals surface area contributed by atoms with Crippen LogP contribution in [0.4, 0.5) is 11.6 Å². The maximum atomic E-state index is 9.15. The van der Waals surface area contributed by atoms with E-state index in [0.29, 0.717) is 21.7 Å². The zero-order valence-electron chi connectivity index (χ0n) is 18.7.